The Morgan fingerprint density at radius 2 is 1.56 bits per heavy atom. The molecular weight excluding hydrogens is 488 g/mol. The maximum Gasteiger partial charge on any atom is 0.254 e. The molecule has 206 valence electrons. The van der Waals surface area contributed by atoms with Crippen LogP contribution in [-0.4, -0.2) is 90.6 Å². The molecule has 3 heterocycles. The summed E-state index contributed by atoms with van der Waals surface area (Å²) in [4.78, 5) is 33.4. The van der Waals surface area contributed by atoms with Crippen LogP contribution in [0.3, 0.4) is 0 Å². The maximum atomic E-state index is 13.6. The SMILES string of the molecule is CN1CCN(C(=O)c2ccc3c(C4CCCCC4)c(-c4ccccc4)n(CC(=O)N4CCOCC4)c3c2)CC1. The number of hydrogen-bond donors (Lipinski definition) is 0. The molecule has 1 aliphatic carbocycles. The van der Waals surface area contributed by atoms with E-state index in [0.717, 1.165) is 43.0 Å². The first-order chi connectivity index (χ1) is 19.1. The molecule has 2 saturated heterocycles. The Kier molecular flexibility index (Phi) is 7.71. The zero-order chi connectivity index (χ0) is 26.8. The number of benzene rings is 2. The van der Waals surface area contributed by atoms with Crippen molar-refractivity contribution in [3.05, 3.63) is 59.7 Å². The number of piperazine rings is 1. The minimum Gasteiger partial charge on any atom is -0.378 e. The van der Waals surface area contributed by atoms with Crippen molar-refractivity contribution in [1.29, 1.82) is 0 Å². The van der Waals surface area contributed by atoms with E-state index in [1.165, 1.54) is 43.1 Å². The van der Waals surface area contributed by atoms with E-state index in [-0.39, 0.29) is 18.4 Å². The van der Waals surface area contributed by atoms with Crippen LogP contribution >= 0.6 is 0 Å². The summed E-state index contributed by atoms with van der Waals surface area (Å²) in [7, 11) is 2.10. The smallest absolute Gasteiger partial charge is 0.254 e. The molecule has 0 spiro atoms. The van der Waals surface area contributed by atoms with Gasteiger partial charge in [0.1, 0.15) is 6.54 Å². The normalized spacial score (nSPS) is 19.5. The van der Waals surface area contributed by atoms with E-state index in [9.17, 15) is 9.59 Å². The molecule has 3 aliphatic rings. The zero-order valence-corrected chi connectivity index (χ0v) is 23.1. The van der Waals surface area contributed by atoms with E-state index >= 15 is 0 Å². The number of likely N-dealkylation sites (N-methyl/N-ethyl adjacent to an activating group) is 1. The van der Waals surface area contributed by atoms with Gasteiger partial charge in [0.2, 0.25) is 5.91 Å². The van der Waals surface area contributed by atoms with E-state index in [1.54, 1.807) is 0 Å². The van der Waals surface area contributed by atoms with Gasteiger partial charge in [0.05, 0.1) is 24.4 Å². The van der Waals surface area contributed by atoms with Gasteiger partial charge in [0.15, 0.2) is 0 Å². The number of morpholine rings is 1. The van der Waals surface area contributed by atoms with E-state index in [1.807, 2.05) is 21.9 Å². The highest BCUT2D eigenvalue weighted by Crippen LogP contribution is 2.44. The second-order valence-electron chi connectivity index (χ2n) is 11.4. The molecule has 0 unspecified atom stereocenters. The van der Waals surface area contributed by atoms with Gasteiger partial charge in [0.25, 0.3) is 5.91 Å². The van der Waals surface area contributed by atoms with E-state index in [2.05, 4.69) is 52.9 Å². The van der Waals surface area contributed by atoms with Gasteiger partial charge in [-0.05, 0) is 49.1 Å². The predicted octanol–water partition coefficient (Wildman–Crippen LogP) is 4.60. The van der Waals surface area contributed by atoms with Gasteiger partial charge in [-0.3, -0.25) is 9.59 Å². The van der Waals surface area contributed by atoms with Gasteiger partial charge in [-0.2, -0.15) is 0 Å². The Bertz CT molecular complexity index is 1310. The summed E-state index contributed by atoms with van der Waals surface area (Å²) in [6, 6.07) is 16.7. The van der Waals surface area contributed by atoms with Crippen molar-refractivity contribution >= 4 is 22.7 Å². The molecule has 39 heavy (non-hydrogen) atoms. The molecule has 1 aromatic heterocycles. The number of aromatic nitrogens is 1. The number of amides is 2. The summed E-state index contributed by atoms with van der Waals surface area (Å²) in [5.74, 6) is 0.645. The van der Waals surface area contributed by atoms with Gasteiger partial charge in [-0.25, -0.2) is 0 Å². The van der Waals surface area contributed by atoms with Gasteiger partial charge < -0.3 is 24.0 Å². The molecule has 2 aromatic carbocycles. The molecule has 7 heteroatoms. The summed E-state index contributed by atoms with van der Waals surface area (Å²) >= 11 is 0. The van der Waals surface area contributed by atoms with Crippen molar-refractivity contribution in [1.82, 2.24) is 19.3 Å². The summed E-state index contributed by atoms with van der Waals surface area (Å²) in [6.45, 7) is 5.95. The van der Waals surface area contributed by atoms with Crippen molar-refractivity contribution < 1.29 is 14.3 Å². The number of carbonyl (C=O) groups excluding carboxylic acids is 2. The minimum atomic E-state index is 0.0812. The van der Waals surface area contributed by atoms with Crippen LogP contribution in [0.2, 0.25) is 0 Å². The third-order valence-electron chi connectivity index (χ3n) is 8.86. The average Bonchev–Trinajstić information content (AvgIpc) is 3.31. The van der Waals surface area contributed by atoms with Crippen molar-refractivity contribution in [2.45, 2.75) is 44.6 Å². The second-order valence-corrected chi connectivity index (χ2v) is 11.4. The standard InChI is InChI=1S/C32H40N4O3/c1-33-14-16-35(17-15-33)32(38)26-12-13-27-28(22-26)36(23-29(37)34-18-20-39-21-19-34)31(25-10-6-3-7-11-25)30(27)24-8-4-2-5-9-24/h3,6-7,10-13,22,24H,2,4-5,8-9,14-21,23H2,1H3. The number of carbonyl (C=O) groups is 2. The van der Waals surface area contributed by atoms with Crippen LogP contribution in [0.15, 0.2) is 48.5 Å². The highest BCUT2D eigenvalue weighted by Gasteiger charge is 2.29. The lowest BCUT2D eigenvalue weighted by atomic mass is 9.82. The molecule has 0 N–H and O–H groups in total. The molecule has 2 aliphatic heterocycles. The topological polar surface area (TPSA) is 58.0 Å². The van der Waals surface area contributed by atoms with Gasteiger partial charge >= 0.3 is 0 Å². The summed E-state index contributed by atoms with van der Waals surface area (Å²) in [6.07, 6.45) is 6.09. The van der Waals surface area contributed by atoms with Crippen LogP contribution in [0.1, 0.15) is 53.9 Å². The molecule has 0 radical (unpaired) electrons. The van der Waals surface area contributed by atoms with Crippen LogP contribution in [0.25, 0.3) is 22.2 Å². The number of nitrogens with zero attached hydrogens (tertiary/aromatic N) is 4. The molecule has 6 rings (SSSR count). The average molecular weight is 529 g/mol. The van der Waals surface area contributed by atoms with Crippen LogP contribution in [-0.2, 0) is 16.1 Å². The first-order valence-corrected chi connectivity index (χ1v) is 14.6. The van der Waals surface area contributed by atoms with Gasteiger partial charge in [0, 0.05) is 50.2 Å². The van der Waals surface area contributed by atoms with Crippen LogP contribution in [0, 0.1) is 0 Å². The zero-order valence-electron chi connectivity index (χ0n) is 23.1. The highest BCUT2D eigenvalue weighted by atomic mass is 16.5. The quantitative estimate of drug-likeness (QED) is 0.486. The molecular formula is C32H40N4O3. The molecule has 1 saturated carbocycles. The Morgan fingerprint density at radius 1 is 0.846 bits per heavy atom. The largest absolute Gasteiger partial charge is 0.378 e. The van der Waals surface area contributed by atoms with Crippen molar-refractivity contribution in [2.75, 3.05) is 59.5 Å². The van der Waals surface area contributed by atoms with Gasteiger partial charge in [-0.15, -0.1) is 0 Å². The van der Waals surface area contributed by atoms with E-state index in [4.69, 9.17) is 4.74 Å². The minimum absolute atomic E-state index is 0.0812. The third-order valence-corrected chi connectivity index (χ3v) is 8.86. The van der Waals surface area contributed by atoms with E-state index in [0.29, 0.717) is 37.8 Å². The fraction of sp³-hybridized carbons (Fsp3) is 0.500. The predicted molar refractivity (Wildman–Crippen MR) is 154 cm³/mol. The van der Waals surface area contributed by atoms with Crippen LogP contribution < -0.4 is 0 Å². The Balaban J connectivity index is 1.48. The Labute approximate surface area is 231 Å². The fourth-order valence-electron chi connectivity index (χ4n) is 6.63. The third kappa shape index (κ3) is 5.35. The first-order valence-electron chi connectivity index (χ1n) is 14.6. The molecule has 0 atom stereocenters. The van der Waals surface area contributed by atoms with Crippen LogP contribution in [0.4, 0.5) is 0 Å². The first kappa shape index (κ1) is 26.1. The lowest BCUT2D eigenvalue weighted by Crippen LogP contribution is -2.47. The summed E-state index contributed by atoms with van der Waals surface area (Å²) < 4.78 is 7.72. The summed E-state index contributed by atoms with van der Waals surface area (Å²) in [5, 5.41) is 1.19. The molecule has 3 aromatic rings. The fourth-order valence-corrected chi connectivity index (χ4v) is 6.63. The van der Waals surface area contributed by atoms with Crippen molar-refractivity contribution in [3.8, 4) is 11.3 Å². The number of rotatable bonds is 5. The number of ether oxygens (including phenoxy) is 1. The van der Waals surface area contributed by atoms with E-state index < -0.39 is 0 Å². The monoisotopic (exact) mass is 528 g/mol. The van der Waals surface area contributed by atoms with Crippen molar-refractivity contribution in [2.24, 2.45) is 0 Å². The summed E-state index contributed by atoms with van der Waals surface area (Å²) in [5.41, 5.74) is 5.33. The molecule has 7 nitrogen and oxygen atoms in total. The molecule has 0 bridgehead atoms. The lowest BCUT2D eigenvalue weighted by molar-refractivity contribution is -0.135. The Morgan fingerprint density at radius 3 is 2.28 bits per heavy atom. The van der Waals surface area contributed by atoms with Crippen LogP contribution in [0.5, 0.6) is 0 Å². The number of hydrogen-bond acceptors (Lipinski definition) is 4. The maximum absolute atomic E-state index is 13.6. The second kappa shape index (κ2) is 11.5. The highest BCUT2D eigenvalue weighted by molar-refractivity contribution is 6.01. The molecule has 2 amide bonds. The molecule has 3 fully saturated rings. The van der Waals surface area contributed by atoms with Gasteiger partial charge in [-0.1, -0.05) is 55.7 Å². The number of fused-ring (bicyclic) bond motifs is 1. The lowest BCUT2D eigenvalue weighted by Gasteiger charge is -2.32. The van der Waals surface area contributed by atoms with Crippen molar-refractivity contribution in [3.63, 3.8) is 0 Å². The Hall–Kier alpha value is -3.16.